The molecule has 0 aliphatic rings. The van der Waals surface area contributed by atoms with Crippen LogP contribution in [0, 0.1) is 13.8 Å². The molecule has 0 saturated heterocycles. The van der Waals surface area contributed by atoms with E-state index in [9.17, 15) is 14.7 Å². The number of aryl methyl sites for hydroxylation is 2. The van der Waals surface area contributed by atoms with E-state index in [1.165, 1.54) is 4.90 Å². The van der Waals surface area contributed by atoms with Crippen LogP contribution in [0.3, 0.4) is 0 Å². The summed E-state index contributed by atoms with van der Waals surface area (Å²) < 4.78 is 1.59. The average Bonchev–Trinajstić information content (AvgIpc) is 2.79. The van der Waals surface area contributed by atoms with E-state index < -0.39 is 11.7 Å². The molecule has 0 atom stereocenters. The molecule has 1 heterocycles. The number of rotatable bonds is 6. The summed E-state index contributed by atoms with van der Waals surface area (Å²) in [7, 11) is 1.74. The highest BCUT2D eigenvalue weighted by Gasteiger charge is 2.28. The third-order valence-corrected chi connectivity index (χ3v) is 3.80. The fourth-order valence-corrected chi connectivity index (χ4v) is 2.53. The number of carbonyl (C=O) groups excluding carboxylic acids is 2. The van der Waals surface area contributed by atoms with Crippen LogP contribution in [0.5, 0.6) is 0 Å². The molecule has 0 aliphatic carbocycles. The van der Waals surface area contributed by atoms with E-state index in [0.29, 0.717) is 17.0 Å². The average molecular weight is 315 g/mol. The number of aliphatic hydroxyl groups is 1. The molecule has 0 bridgehead atoms. The van der Waals surface area contributed by atoms with Gasteiger partial charge in [0.15, 0.2) is 0 Å². The number of benzene rings is 1. The monoisotopic (exact) mass is 315 g/mol. The summed E-state index contributed by atoms with van der Waals surface area (Å²) in [4.78, 5) is 26.5. The standard InChI is InChI=1S/C17H21N3O3/c1-12-15(13(2)19(3)18-12)16(22)17(23)20(9-10-21)11-14-7-5-4-6-8-14/h4-8,21H,9-11H2,1-3H3. The lowest BCUT2D eigenvalue weighted by molar-refractivity contribution is -0.127. The molecule has 0 fully saturated rings. The Balaban J connectivity index is 2.25. The summed E-state index contributed by atoms with van der Waals surface area (Å²) >= 11 is 0. The number of aliphatic hydroxyl groups excluding tert-OH is 1. The van der Waals surface area contributed by atoms with Crippen LogP contribution in [0.1, 0.15) is 27.3 Å². The molecule has 0 saturated carbocycles. The lowest BCUT2D eigenvalue weighted by atomic mass is 10.1. The lowest BCUT2D eigenvalue weighted by Gasteiger charge is -2.21. The second-order valence-electron chi connectivity index (χ2n) is 5.43. The van der Waals surface area contributed by atoms with E-state index in [1.807, 2.05) is 30.3 Å². The van der Waals surface area contributed by atoms with E-state index in [1.54, 1.807) is 25.6 Å². The number of aromatic nitrogens is 2. The van der Waals surface area contributed by atoms with E-state index in [4.69, 9.17) is 0 Å². The first-order valence-corrected chi connectivity index (χ1v) is 7.44. The third-order valence-electron chi connectivity index (χ3n) is 3.80. The molecule has 6 nitrogen and oxygen atoms in total. The van der Waals surface area contributed by atoms with Crippen LogP contribution in [0.25, 0.3) is 0 Å². The zero-order chi connectivity index (χ0) is 17.0. The summed E-state index contributed by atoms with van der Waals surface area (Å²) in [5, 5.41) is 13.4. The third kappa shape index (κ3) is 3.65. The predicted octanol–water partition coefficient (Wildman–Crippen LogP) is 1.24. The Morgan fingerprint density at radius 1 is 1.22 bits per heavy atom. The normalized spacial score (nSPS) is 10.6. The van der Waals surface area contributed by atoms with Crippen molar-refractivity contribution in [3.05, 3.63) is 52.8 Å². The van der Waals surface area contributed by atoms with Gasteiger partial charge in [-0.05, 0) is 19.4 Å². The van der Waals surface area contributed by atoms with Gasteiger partial charge in [0.05, 0.1) is 17.9 Å². The van der Waals surface area contributed by atoms with E-state index in [-0.39, 0.29) is 19.7 Å². The topological polar surface area (TPSA) is 75.4 Å². The molecule has 1 amide bonds. The smallest absolute Gasteiger partial charge is 0.295 e. The molecular formula is C17H21N3O3. The molecule has 23 heavy (non-hydrogen) atoms. The van der Waals surface area contributed by atoms with Crippen molar-refractivity contribution in [2.75, 3.05) is 13.2 Å². The number of ketones is 1. The molecule has 0 unspecified atom stereocenters. The molecule has 0 radical (unpaired) electrons. The van der Waals surface area contributed by atoms with E-state index in [2.05, 4.69) is 5.10 Å². The molecule has 1 aromatic heterocycles. The maximum absolute atomic E-state index is 12.6. The molecule has 2 rings (SSSR count). The maximum Gasteiger partial charge on any atom is 0.295 e. The van der Waals surface area contributed by atoms with Gasteiger partial charge in [-0.25, -0.2) is 0 Å². The first-order valence-electron chi connectivity index (χ1n) is 7.44. The molecule has 122 valence electrons. The SMILES string of the molecule is Cc1nn(C)c(C)c1C(=O)C(=O)N(CCO)Cc1ccccc1. The molecule has 6 heteroatoms. The highest BCUT2D eigenvalue weighted by Crippen LogP contribution is 2.15. The zero-order valence-corrected chi connectivity index (χ0v) is 13.6. The van der Waals surface area contributed by atoms with Crippen LogP contribution in [-0.2, 0) is 18.4 Å². The minimum Gasteiger partial charge on any atom is -0.395 e. The number of hydrogen-bond acceptors (Lipinski definition) is 4. The molecule has 1 aromatic carbocycles. The van der Waals surface area contributed by atoms with Crippen LogP contribution >= 0.6 is 0 Å². The van der Waals surface area contributed by atoms with Gasteiger partial charge in [0, 0.05) is 25.8 Å². The molecule has 2 aromatic rings. The number of carbonyl (C=O) groups is 2. The van der Waals surface area contributed by atoms with Crippen molar-refractivity contribution in [2.24, 2.45) is 7.05 Å². The highest BCUT2D eigenvalue weighted by atomic mass is 16.3. The van der Waals surface area contributed by atoms with Crippen LogP contribution < -0.4 is 0 Å². The number of nitrogens with zero attached hydrogens (tertiary/aromatic N) is 3. The Hall–Kier alpha value is -2.47. The summed E-state index contributed by atoms with van der Waals surface area (Å²) in [6.07, 6.45) is 0. The minimum absolute atomic E-state index is 0.109. The van der Waals surface area contributed by atoms with Gasteiger partial charge < -0.3 is 10.0 Å². The van der Waals surface area contributed by atoms with Gasteiger partial charge in [0.25, 0.3) is 11.7 Å². The van der Waals surface area contributed by atoms with Gasteiger partial charge in [-0.2, -0.15) is 5.10 Å². The van der Waals surface area contributed by atoms with Crippen LogP contribution in [-0.4, -0.2) is 44.6 Å². The van der Waals surface area contributed by atoms with Gasteiger partial charge in [-0.1, -0.05) is 30.3 Å². The highest BCUT2D eigenvalue weighted by molar-refractivity contribution is 6.43. The van der Waals surface area contributed by atoms with Crippen LogP contribution in [0.4, 0.5) is 0 Å². The van der Waals surface area contributed by atoms with Crippen LogP contribution in [0.15, 0.2) is 30.3 Å². The summed E-state index contributed by atoms with van der Waals surface area (Å²) in [6.45, 7) is 3.66. The number of hydrogen-bond donors (Lipinski definition) is 1. The lowest BCUT2D eigenvalue weighted by Crippen LogP contribution is -2.38. The van der Waals surface area contributed by atoms with Gasteiger partial charge in [-0.15, -0.1) is 0 Å². The van der Waals surface area contributed by atoms with Crippen molar-refractivity contribution < 1.29 is 14.7 Å². The quantitative estimate of drug-likeness (QED) is 0.643. The van der Waals surface area contributed by atoms with Crippen molar-refractivity contribution in [1.82, 2.24) is 14.7 Å². The van der Waals surface area contributed by atoms with Gasteiger partial charge in [0.2, 0.25) is 0 Å². The Morgan fingerprint density at radius 3 is 2.39 bits per heavy atom. The minimum atomic E-state index is -0.623. The molecule has 0 spiro atoms. The van der Waals surface area contributed by atoms with Crippen LogP contribution in [0.2, 0.25) is 0 Å². The fourth-order valence-electron chi connectivity index (χ4n) is 2.53. The molecule has 1 N–H and O–H groups in total. The number of Topliss-reactive ketones (excluding diaryl/α,β-unsaturated/α-hetero) is 1. The molecule has 0 aliphatic heterocycles. The number of amides is 1. The Bertz CT molecular complexity index is 707. The van der Waals surface area contributed by atoms with E-state index >= 15 is 0 Å². The van der Waals surface area contributed by atoms with Crippen molar-refractivity contribution in [1.29, 1.82) is 0 Å². The zero-order valence-electron chi connectivity index (χ0n) is 13.6. The van der Waals surface area contributed by atoms with Gasteiger partial charge in [-0.3, -0.25) is 14.3 Å². The second kappa shape index (κ2) is 7.19. The second-order valence-corrected chi connectivity index (χ2v) is 5.43. The summed E-state index contributed by atoms with van der Waals surface area (Å²) in [5.41, 5.74) is 2.44. The van der Waals surface area contributed by atoms with Crippen molar-refractivity contribution >= 4 is 11.7 Å². The largest absolute Gasteiger partial charge is 0.395 e. The Kier molecular flexibility index (Phi) is 5.28. The first-order chi connectivity index (χ1) is 11.0. The predicted molar refractivity (Wildman–Crippen MR) is 86.0 cm³/mol. The maximum atomic E-state index is 12.6. The van der Waals surface area contributed by atoms with Gasteiger partial charge >= 0.3 is 0 Å². The fraction of sp³-hybridized carbons (Fsp3) is 0.353. The van der Waals surface area contributed by atoms with E-state index in [0.717, 1.165) is 5.56 Å². The molecular weight excluding hydrogens is 294 g/mol. The van der Waals surface area contributed by atoms with Crippen molar-refractivity contribution in [2.45, 2.75) is 20.4 Å². The Labute approximate surface area is 135 Å². The first kappa shape index (κ1) is 16.9. The summed E-state index contributed by atoms with van der Waals surface area (Å²) in [6, 6.07) is 9.38. The van der Waals surface area contributed by atoms with Crippen molar-refractivity contribution in [3.8, 4) is 0 Å². The Morgan fingerprint density at radius 2 is 1.87 bits per heavy atom. The van der Waals surface area contributed by atoms with Gasteiger partial charge in [0.1, 0.15) is 0 Å². The van der Waals surface area contributed by atoms with Crippen molar-refractivity contribution in [3.63, 3.8) is 0 Å². The summed E-state index contributed by atoms with van der Waals surface area (Å²) in [5.74, 6) is -1.21.